The molecule has 1 aliphatic rings. The molecule has 0 saturated heterocycles. The highest BCUT2D eigenvalue weighted by atomic mass is 16.5. The lowest BCUT2D eigenvalue weighted by Crippen LogP contribution is -2.21. The molecule has 0 radical (unpaired) electrons. The van der Waals surface area contributed by atoms with Gasteiger partial charge in [-0.1, -0.05) is 6.58 Å². The normalized spacial score (nSPS) is 17.5. The van der Waals surface area contributed by atoms with E-state index >= 15 is 0 Å². The van der Waals surface area contributed by atoms with Crippen LogP contribution in [0.5, 0.6) is 0 Å². The molecule has 0 spiro atoms. The summed E-state index contributed by atoms with van der Waals surface area (Å²) in [4.78, 5) is 18.7. The molecule has 4 nitrogen and oxygen atoms in total. The van der Waals surface area contributed by atoms with Gasteiger partial charge in [0.25, 0.3) is 5.91 Å². The number of carbonyl (C=O) groups excluding carboxylic acids is 1. The Morgan fingerprint density at radius 1 is 1.50 bits per heavy atom. The Morgan fingerprint density at radius 2 is 2.17 bits per heavy atom. The predicted octanol–water partition coefficient (Wildman–Crippen LogP) is 0.589. The summed E-state index contributed by atoms with van der Waals surface area (Å²) in [5, 5.41) is 0. The van der Waals surface area contributed by atoms with Crippen LogP contribution in [-0.2, 0) is 9.53 Å². The Hall–Kier alpha value is -1.29. The van der Waals surface area contributed by atoms with Crippen molar-refractivity contribution in [3.05, 3.63) is 12.2 Å². The molecule has 0 atom stereocenters. The van der Waals surface area contributed by atoms with Crippen LogP contribution in [0.2, 0.25) is 0 Å². The van der Waals surface area contributed by atoms with E-state index in [2.05, 4.69) is 16.6 Å². The van der Waals surface area contributed by atoms with Gasteiger partial charge in [-0.2, -0.15) is 4.99 Å². The number of methoxy groups -OCH3 is 1. The molecule has 1 aliphatic heterocycles. The highest BCUT2D eigenvalue weighted by Crippen LogP contribution is 2.06. The average molecular weight is 166 g/mol. The molecule has 64 valence electrons. The minimum absolute atomic E-state index is 0.303. The van der Waals surface area contributed by atoms with Crippen LogP contribution in [0.3, 0.4) is 0 Å². The molecule has 0 unspecified atom stereocenters. The van der Waals surface area contributed by atoms with Crippen LogP contribution in [-0.4, -0.2) is 31.2 Å². The van der Waals surface area contributed by atoms with Gasteiger partial charge >= 0.3 is 0 Å². The first kappa shape index (κ1) is 8.80. The van der Waals surface area contributed by atoms with E-state index in [-0.39, 0.29) is 5.91 Å². The Kier molecular flexibility index (Phi) is 2.50. The molecule has 0 aromatic rings. The van der Waals surface area contributed by atoms with Gasteiger partial charge in [-0.3, -0.25) is 4.79 Å². The van der Waals surface area contributed by atoms with Crippen LogP contribution < -0.4 is 0 Å². The molecule has 12 heavy (non-hydrogen) atoms. The first-order chi connectivity index (χ1) is 5.65. The van der Waals surface area contributed by atoms with E-state index in [1.807, 2.05) is 0 Å². The zero-order valence-electron chi connectivity index (χ0n) is 7.13. The zero-order chi connectivity index (χ0) is 9.14. The first-order valence-corrected chi connectivity index (χ1v) is 3.50. The molecule has 0 fully saturated rings. The van der Waals surface area contributed by atoms with Gasteiger partial charge in [0.2, 0.25) is 0 Å². The van der Waals surface area contributed by atoms with E-state index in [0.717, 1.165) is 0 Å². The smallest absolute Gasteiger partial charge is 0.280 e. The minimum atomic E-state index is -0.324. The van der Waals surface area contributed by atoms with Crippen molar-refractivity contribution in [2.45, 2.75) is 6.92 Å². The van der Waals surface area contributed by atoms with Crippen molar-refractivity contribution in [3.8, 4) is 0 Å². The molecule has 0 N–H and O–H groups in total. The van der Waals surface area contributed by atoms with Crippen molar-refractivity contribution in [3.63, 3.8) is 0 Å². The van der Waals surface area contributed by atoms with Gasteiger partial charge in [0.1, 0.15) is 5.84 Å². The molecule has 1 heterocycles. The van der Waals surface area contributed by atoms with Crippen molar-refractivity contribution in [1.29, 1.82) is 0 Å². The molecule has 0 aromatic carbocycles. The third-order valence-electron chi connectivity index (χ3n) is 1.45. The zero-order valence-corrected chi connectivity index (χ0v) is 7.13. The van der Waals surface area contributed by atoms with Crippen LogP contribution in [0, 0.1) is 0 Å². The number of hydrogen-bond acceptors (Lipinski definition) is 3. The molecule has 0 aromatic heterocycles. The van der Waals surface area contributed by atoms with E-state index in [9.17, 15) is 4.79 Å². The Balaban J connectivity index is 2.91. The summed E-state index contributed by atoms with van der Waals surface area (Å²) in [6.45, 7) is 5.53. The lowest BCUT2D eigenvalue weighted by molar-refractivity contribution is -0.113. The Bertz CT molecular complexity index is 289. The highest BCUT2D eigenvalue weighted by molar-refractivity contribution is 6.28. The van der Waals surface area contributed by atoms with Crippen molar-refractivity contribution >= 4 is 17.5 Å². The van der Waals surface area contributed by atoms with E-state index in [1.54, 1.807) is 14.0 Å². The standard InChI is InChI=1S/C8H10N2O2/c1-5-7(4-12-3)9-6(2)10-8(5)11/h1,4H2,2-3H3. The number of nitrogens with zero attached hydrogens (tertiary/aromatic N) is 2. The van der Waals surface area contributed by atoms with Crippen molar-refractivity contribution in [1.82, 2.24) is 0 Å². The third-order valence-corrected chi connectivity index (χ3v) is 1.45. The van der Waals surface area contributed by atoms with Gasteiger partial charge in [-0.25, -0.2) is 4.99 Å². The second-order valence-electron chi connectivity index (χ2n) is 2.43. The summed E-state index contributed by atoms with van der Waals surface area (Å²) < 4.78 is 4.85. The van der Waals surface area contributed by atoms with Crippen LogP contribution >= 0.6 is 0 Å². The number of hydrogen-bond donors (Lipinski definition) is 0. The van der Waals surface area contributed by atoms with Crippen molar-refractivity contribution in [2.75, 3.05) is 13.7 Å². The molecule has 0 aliphatic carbocycles. The Morgan fingerprint density at radius 3 is 2.75 bits per heavy atom. The fourth-order valence-corrected chi connectivity index (χ4v) is 0.882. The molecular formula is C8H10N2O2. The summed E-state index contributed by atoms with van der Waals surface area (Å²) in [6, 6.07) is 0. The van der Waals surface area contributed by atoms with Crippen molar-refractivity contribution < 1.29 is 9.53 Å². The predicted molar refractivity (Wildman–Crippen MR) is 46.6 cm³/mol. The van der Waals surface area contributed by atoms with Gasteiger partial charge in [0.15, 0.2) is 0 Å². The number of ether oxygens (including phenoxy) is 1. The lowest BCUT2D eigenvalue weighted by Gasteiger charge is -2.09. The van der Waals surface area contributed by atoms with Crippen molar-refractivity contribution in [2.24, 2.45) is 9.98 Å². The average Bonchev–Trinajstić information content (AvgIpc) is 2.00. The minimum Gasteiger partial charge on any atom is -0.378 e. The van der Waals surface area contributed by atoms with Gasteiger partial charge in [-0.05, 0) is 6.92 Å². The van der Waals surface area contributed by atoms with Gasteiger partial charge in [0.05, 0.1) is 17.9 Å². The SMILES string of the molecule is C=C1C(=O)N=C(C)N=C1COC. The quantitative estimate of drug-likeness (QED) is 0.564. The summed E-state index contributed by atoms with van der Waals surface area (Å²) in [6.07, 6.45) is 0. The fraction of sp³-hybridized carbons (Fsp3) is 0.375. The van der Waals surface area contributed by atoms with Crippen LogP contribution in [0.4, 0.5) is 0 Å². The van der Waals surface area contributed by atoms with E-state index in [1.165, 1.54) is 0 Å². The summed E-state index contributed by atoms with van der Waals surface area (Å²) >= 11 is 0. The lowest BCUT2D eigenvalue weighted by atomic mass is 10.1. The van der Waals surface area contributed by atoms with E-state index in [0.29, 0.717) is 23.7 Å². The maximum atomic E-state index is 11.1. The van der Waals surface area contributed by atoms with E-state index < -0.39 is 0 Å². The maximum absolute atomic E-state index is 11.1. The fourth-order valence-electron chi connectivity index (χ4n) is 0.882. The largest absolute Gasteiger partial charge is 0.378 e. The maximum Gasteiger partial charge on any atom is 0.280 e. The molecule has 1 rings (SSSR count). The second-order valence-corrected chi connectivity index (χ2v) is 2.43. The number of amides is 1. The van der Waals surface area contributed by atoms with Crippen LogP contribution in [0.15, 0.2) is 22.1 Å². The monoisotopic (exact) mass is 166 g/mol. The molecule has 0 saturated carbocycles. The third kappa shape index (κ3) is 1.65. The number of amidine groups is 1. The topological polar surface area (TPSA) is 51.0 Å². The molecule has 4 heteroatoms. The summed E-state index contributed by atoms with van der Waals surface area (Å²) in [5.41, 5.74) is 0.887. The number of rotatable bonds is 2. The van der Waals surface area contributed by atoms with Gasteiger partial charge < -0.3 is 4.74 Å². The molecule has 0 bridgehead atoms. The van der Waals surface area contributed by atoms with Gasteiger partial charge in [0, 0.05) is 7.11 Å². The Labute approximate surface area is 70.7 Å². The van der Waals surface area contributed by atoms with Crippen LogP contribution in [0.25, 0.3) is 0 Å². The molecule has 1 amide bonds. The number of aliphatic imine (C=N–C) groups is 2. The van der Waals surface area contributed by atoms with Gasteiger partial charge in [-0.15, -0.1) is 0 Å². The first-order valence-electron chi connectivity index (χ1n) is 3.50. The number of carbonyl (C=O) groups is 1. The second kappa shape index (κ2) is 3.40. The summed E-state index contributed by atoms with van der Waals surface area (Å²) in [7, 11) is 1.54. The van der Waals surface area contributed by atoms with Crippen LogP contribution in [0.1, 0.15) is 6.92 Å². The summed E-state index contributed by atoms with van der Waals surface area (Å²) in [5.74, 6) is 0.133. The highest BCUT2D eigenvalue weighted by Gasteiger charge is 2.17. The molecular weight excluding hydrogens is 156 g/mol. The van der Waals surface area contributed by atoms with E-state index in [4.69, 9.17) is 4.74 Å².